The third-order valence-electron chi connectivity index (χ3n) is 1.43. The summed E-state index contributed by atoms with van der Waals surface area (Å²) in [6.07, 6.45) is -0.517. The molecule has 0 atom stereocenters. The van der Waals surface area contributed by atoms with Gasteiger partial charge in [-0.15, -0.1) is 0 Å². The first kappa shape index (κ1) is 12.6. The molecule has 0 heterocycles. The Morgan fingerprint density at radius 1 is 1.46 bits per heavy atom. The highest BCUT2D eigenvalue weighted by Crippen LogP contribution is 2.35. The first-order valence-electron chi connectivity index (χ1n) is 3.73. The van der Waals surface area contributed by atoms with E-state index in [1.54, 1.807) is 13.8 Å². The van der Waals surface area contributed by atoms with Crippen molar-refractivity contribution in [2.45, 2.75) is 19.9 Å². The lowest BCUT2D eigenvalue weighted by Crippen LogP contribution is -2.36. The molecule has 7 heteroatoms. The number of hydrogen-bond donors (Lipinski definition) is 3. The molecule has 0 aliphatic heterocycles. The van der Waals surface area contributed by atoms with Crippen molar-refractivity contribution in [2.24, 2.45) is 0 Å². The van der Waals surface area contributed by atoms with Crippen LogP contribution in [-0.2, 0) is 9.36 Å². The third kappa shape index (κ3) is 6.72. The van der Waals surface area contributed by atoms with E-state index in [0.717, 1.165) is 0 Å². The number of rotatable bonds is 5. The standard InChI is InChI=1S/C6H14NO5P/c1-5(2)7(3-6(8)9)4-13(10,11)12/h5H,3-4H2,1-2H3,(H,8,9)(H2,10,11,12). The number of nitrogens with zero attached hydrogens (tertiary/aromatic N) is 1. The molecule has 13 heavy (non-hydrogen) atoms. The van der Waals surface area contributed by atoms with Crippen LogP contribution in [0.15, 0.2) is 0 Å². The van der Waals surface area contributed by atoms with Gasteiger partial charge in [-0.05, 0) is 13.8 Å². The zero-order chi connectivity index (χ0) is 10.6. The van der Waals surface area contributed by atoms with Crippen molar-refractivity contribution >= 4 is 13.6 Å². The molecule has 0 aromatic rings. The average Bonchev–Trinajstić information content (AvgIpc) is 1.81. The normalized spacial score (nSPS) is 12.5. The molecule has 0 saturated carbocycles. The summed E-state index contributed by atoms with van der Waals surface area (Å²) in [5.41, 5.74) is 0. The van der Waals surface area contributed by atoms with Crippen molar-refractivity contribution in [3.63, 3.8) is 0 Å². The van der Waals surface area contributed by atoms with Crippen LogP contribution in [0.25, 0.3) is 0 Å². The molecular weight excluding hydrogens is 197 g/mol. The van der Waals surface area contributed by atoms with Gasteiger partial charge < -0.3 is 14.9 Å². The van der Waals surface area contributed by atoms with Gasteiger partial charge >= 0.3 is 13.6 Å². The zero-order valence-corrected chi connectivity index (χ0v) is 8.44. The average molecular weight is 211 g/mol. The molecular formula is C6H14NO5P. The Bertz CT molecular complexity index is 223. The Morgan fingerprint density at radius 2 is 1.92 bits per heavy atom. The molecule has 0 aliphatic rings. The van der Waals surface area contributed by atoms with Crippen molar-refractivity contribution in [1.82, 2.24) is 4.90 Å². The lowest BCUT2D eigenvalue weighted by atomic mass is 10.3. The Morgan fingerprint density at radius 3 is 2.15 bits per heavy atom. The zero-order valence-electron chi connectivity index (χ0n) is 7.54. The van der Waals surface area contributed by atoms with Crippen molar-refractivity contribution in [2.75, 3.05) is 12.8 Å². The Balaban J connectivity index is 4.27. The van der Waals surface area contributed by atoms with Crippen LogP contribution >= 0.6 is 7.60 Å². The second-order valence-corrected chi connectivity index (χ2v) is 4.65. The molecule has 0 radical (unpaired) electrons. The first-order chi connectivity index (χ1) is 5.72. The molecule has 0 amide bonds. The van der Waals surface area contributed by atoms with Crippen LogP contribution < -0.4 is 0 Å². The molecule has 0 spiro atoms. The monoisotopic (exact) mass is 211 g/mol. The van der Waals surface area contributed by atoms with E-state index >= 15 is 0 Å². The van der Waals surface area contributed by atoms with Crippen LogP contribution in [-0.4, -0.2) is 44.6 Å². The number of carbonyl (C=O) groups is 1. The fraction of sp³-hybridized carbons (Fsp3) is 0.833. The summed E-state index contributed by atoms with van der Waals surface area (Å²) in [5, 5.41) is 8.43. The van der Waals surface area contributed by atoms with Gasteiger partial charge in [0.1, 0.15) is 6.29 Å². The maximum absolute atomic E-state index is 10.6. The Kier molecular flexibility index (Phi) is 4.56. The third-order valence-corrected chi connectivity index (χ3v) is 2.17. The number of hydrogen-bond acceptors (Lipinski definition) is 3. The predicted molar refractivity (Wildman–Crippen MR) is 46.4 cm³/mol. The SMILES string of the molecule is CC(C)N(CC(=O)O)CP(=O)(O)O. The van der Waals surface area contributed by atoms with E-state index in [1.807, 2.05) is 0 Å². The van der Waals surface area contributed by atoms with E-state index in [4.69, 9.17) is 14.9 Å². The molecule has 0 rings (SSSR count). The van der Waals surface area contributed by atoms with Crippen molar-refractivity contribution < 1.29 is 24.3 Å². The van der Waals surface area contributed by atoms with Crippen molar-refractivity contribution in [1.29, 1.82) is 0 Å². The molecule has 78 valence electrons. The second kappa shape index (κ2) is 4.72. The minimum Gasteiger partial charge on any atom is -0.480 e. The highest BCUT2D eigenvalue weighted by atomic mass is 31.2. The highest BCUT2D eigenvalue weighted by molar-refractivity contribution is 7.51. The maximum Gasteiger partial charge on any atom is 0.339 e. The number of carboxylic acid groups (broad SMARTS) is 1. The minimum absolute atomic E-state index is 0.205. The van der Waals surface area contributed by atoms with Gasteiger partial charge in [0.25, 0.3) is 0 Å². The highest BCUT2D eigenvalue weighted by Gasteiger charge is 2.22. The molecule has 3 N–H and O–H groups in total. The fourth-order valence-corrected chi connectivity index (χ4v) is 1.71. The van der Waals surface area contributed by atoms with Gasteiger partial charge in [0.05, 0.1) is 6.54 Å². The molecule has 0 bridgehead atoms. The molecule has 0 saturated heterocycles. The summed E-state index contributed by atoms with van der Waals surface area (Å²) >= 11 is 0. The van der Waals surface area contributed by atoms with Gasteiger partial charge in [-0.3, -0.25) is 14.3 Å². The van der Waals surface area contributed by atoms with E-state index in [-0.39, 0.29) is 12.6 Å². The van der Waals surface area contributed by atoms with Gasteiger partial charge in [0.2, 0.25) is 0 Å². The van der Waals surface area contributed by atoms with E-state index < -0.39 is 19.9 Å². The summed E-state index contributed by atoms with van der Waals surface area (Å²) in [7, 11) is -4.17. The first-order valence-corrected chi connectivity index (χ1v) is 5.52. The molecule has 0 aromatic carbocycles. The number of carboxylic acids is 1. The summed E-state index contributed by atoms with van der Waals surface area (Å²) < 4.78 is 10.6. The van der Waals surface area contributed by atoms with Crippen LogP contribution in [0.1, 0.15) is 13.8 Å². The molecule has 0 fully saturated rings. The summed E-state index contributed by atoms with van der Waals surface area (Å²) in [6, 6.07) is -0.205. The minimum atomic E-state index is -4.17. The van der Waals surface area contributed by atoms with E-state index in [9.17, 15) is 9.36 Å². The number of aliphatic carboxylic acids is 1. The van der Waals surface area contributed by atoms with Gasteiger partial charge in [0, 0.05) is 6.04 Å². The van der Waals surface area contributed by atoms with Gasteiger partial charge in [-0.1, -0.05) is 0 Å². The maximum atomic E-state index is 10.6. The van der Waals surface area contributed by atoms with E-state index in [0.29, 0.717) is 0 Å². The summed E-state index contributed by atoms with van der Waals surface area (Å²) in [4.78, 5) is 28.8. The van der Waals surface area contributed by atoms with Crippen molar-refractivity contribution in [3.05, 3.63) is 0 Å². The molecule has 0 aromatic heterocycles. The second-order valence-electron chi connectivity index (χ2n) is 3.04. The Hall–Kier alpha value is -0.420. The van der Waals surface area contributed by atoms with Crippen LogP contribution in [0, 0.1) is 0 Å². The van der Waals surface area contributed by atoms with Crippen LogP contribution in [0.2, 0.25) is 0 Å². The van der Waals surface area contributed by atoms with Crippen LogP contribution in [0.3, 0.4) is 0 Å². The van der Waals surface area contributed by atoms with E-state index in [2.05, 4.69) is 0 Å². The Labute approximate surface area is 76.3 Å². The summed E-state index contributed by atoms with van der Waals surface area (Å²) in [5.74, 6) is -1.10. The summed E-state index contributed by atoms with van der Waals surface area (Å²) in [6.45, 7) is 3.00. The quantitative estimate of drug-likeness (QED) is 0.550. The predicted octanol–water partition coefficient (Wildman–Crippen LogP) is -0.0834. The van der Waals surface area contributed by atoms with Gasteiger partial charge in [0.15, 0.2) is 0 Å². The molecule has 0 aliphatic carbocycles. The largest absolute Gasteiger partial charge is 0.480 e. The smallest absolute Gasteiger partial charge is 0.339 e. The van der Waals surface area contributed by atoms with Crippen molar-refractivity contribution in [3.8, 4) is 0 Å². The van der Waals surface area contributed by atoms with Crippen LogP contribution in [0.5, 0.6) is 0 Å². The lowest BCUT2D eigenvalue weighted by molar-refractivity contribution is -0.138. The van der Waals surface area contributed by atoms with Crippen LogP contribution in [0.4, 0.5) is 0 Å². The van der Waals surface area contributed by atoms with Gasteiger partial charge in [-0.2, -0.15) is 0 Å². The van der Waals surface area contributed by atoms with E-state index in [1.165, 1.54) is 4.90 Å². The topological polar surface area (TPSA) is 98.1 Å². The molecule has 0 unspecified atom stereocenters. The molecule has 6 nitrogen and oxygen atoms in total. The lowest BCUT2D eigenvalue weighted by Gasteiger charge is -2.24. The fourth-order valence-electron chi connectivity index (χ4n) is 0.806. The van der Waals surface area contributed by atoms with Gasteiger partial charge in [-0.25, -0.2) is 0 Å².